The van der Waals surface area contributed by atoms with Gasteiger partial charge in [-0.1, -0.05) is 12.1 Å². The SMILES string of the molecule is O=C(CCCN1C(=O)c2ccccc2C1=O)NCCNc1cc(N2CCCC2)cnn1. The number of nitrogens with one attached hydrogen (secondary N) is 2. The fraction of sp³-hybridized carbons (Fsp3) is 0.409. The normalized spacial score (nSPS) is 15.4. The predicted octanol–water partition coefficient (Wildman–Crippen LogP) is 1.68. The number of hydrogen-bond acceptors (Lipinski definition) is 7. The third kappa shape index (κ3) is 4.82. The molecule has 9 nitrogen and oxygen atoms in total. The molecule has 9 heteroatoms. The highest BCUT2D eigenvalue weighted by atomic mass is 16.2. The first-order valence-corrected chi connectivity index (χ1v) is 10.7. The molecule has 2 aromatic rings. The second-order valence-electron chi connectivity index (χ2n) is 7.68. The maximum absolute atomic E-state index is 12.3. The van der Waals surface area contributed by atoms with Crippen molar-refractivity contribution in [3.05, 3.63) is 47.7 Å². The molecule has 162 valence electrons. The Bertz CT molecular complexity index is 938. The number of carbonyl (C=O) groups is 3. The summed E-state index contributed by atoms with van der Waals surface area (Å²) >= 11 is 0. The van der Waals surface area contributed by atoms with Crippen LogP contribution in [-0.2, 0) is 4.79 Å². The molecule has 3 heterocycles. The lowest BCUT2D eigenvalue weighted by atomic mass is 10.1. The molecular formula is C22H26N6O3. The molecule has 31 heavy (non-hydrogen) atoms. The van der Waals surface area contributed by atoms with Crippen molar-refractivity contribution in [2.24, 2.45) is 0 Å². The van der Waals surface area contributed by atoms with E-state index in [0.717, 1.165) is 18.8 Å². The lowest BCUT2D eigenvalue weighted by molar-refractivity contribution is -0.121. The van der Waals surface area contributed by atoms with Gasteiger partial charge >= 0.3 is 0 Å². The van der Waals surface area contributed by atoms with Gasteiger partial charge < -0.3 is 15.5 Å². The first kappa shape index (κ1) is 20.8. The van der Waals surface area contributed by atoms with Crippen molar-refractivity contribution in [3.63, 3.8) is 0 Å². The van der Waals surface area contributed by atoms with E-state index < -0.39 is 0 Å². The highest BCUT2D eigenvalue weighted by Gasteiger charge is 2.34. The van der Waals surface area contributed by atoms with Gasteiger partial charge in [0.25, 0.3) is 11.8 Å². The van der Waals surface area contributed by atoms with E-state index in [4.69, 9.17) is 0 Å². The van der Waals surface area contributed by atoms with Gasteiger partial charge in [0.05, 0.1) is 23.0 Å². The van der Waals surface area contributed by atoms with Crippen LogP contribution in [0.5, 0.6) is 0 Å². The third-order valence-electron chi connectivity index (χ3n) is 5.53. The van der Waals surface area contributed by atoms with E-state index in [1.165, 1.54) is 17.7 Å². The monoisotopic (exact) mass is 422 g/mol. The molecule has 0 unspecified atom stereocenters. The van der Waals surface area contributed by atoms with Crippen LogP contribution < -0.4 is 15.5 Å². The smallest absolute Gasteiger partial charge is 0.261 e. The first-order valence-electron chi connectivity index (χ1n) is 10.7. The van der Waals surface area contributed by atoms with Crippen LogP contribution in [-0.4, -0.2) is 65.5 Å². The van der Waals surface area contributed by atoms with Gasteiger partial charge in [-0.3, -0.25) is 19.3 Å². The minimum Gasteiger partial charge on any atom is -0.370 e. The number of carbonyl (C=O) groups excluding carboxylic acids is 3. The van der Waals surface area contributed by atoms with Crippen LogP contribution in [0.3, 0.4) is 0 Å². The second-order valence-corrected chi connectivity index (χ2v) is 7.68. The highest BCUT2D eigenvalue weighted by molar-refractivity contribution is 6.21. The lowest BCUT2D eigenvalue weighted by Crippen LogP contribution is -2.33. The number of anilines is 2. The average molecular weight is 422 g/mol. The number of hydrogen-bond donors (Lipinski definition) is 2. The predicted molar refractivity (Wildman–Crippen MR) is 116 cm³/mol. The Hall–Kier alpha value is -3.49. The van der Waals surface area contributed by atoms with E-state index in [9.17, 15) is 14.4 Å². The summed E-state index contributed by atoms with van der Waals surface area (Å²) in [5.74, 6) is -0.00968. The zero-order valence-electron chi connectivity index (χ0n) is 17.3. The Morgan fingerprint density at radius 3 is 2.45 bits per heavy atom. The molecule has 2 N–H and O–H groups in total. The van der Waals surface area contributed by atoms with Crippen molar-refractivity contribution in [1.82, 2.24) is 20.4 Å². The van der Waals surface area contributed by atoms with Gasteiger partial charge in [0.15, 0.2) is 5.82 Å². The van der Waals surface area contributed by atoms with Gasteiger partial charge in [0.1, 0.15) is 0 Å². The maximum Gasteiger partial charge on any atom is 0.261 e. The van der Waals surface area contributed by atoms with Gasteiger partial charge in [0, 0.05) is 45.2 Å². The molecule has 0 saturated carbocycles. The van der Waals surface area contributed by atoms with Crippen LogP contribution in [0.4, 0.5) is 11.5 Å². The zero-order chi connectivity index (χ0) is 21.6. The minimum absolute atomic E-state index is 0.115. The fourth-order valence-corrected chi connectivity index (χ4v) is 3.91. The number of amides is 3. The number of imide groups is 1. The highest BCUT2D eigenvalue weighted by Crippen LogP contribution is 2.23. The van der Waals surface area contributed by atoms with E-state index in [-0.39, 0.29) is 30.7 Å². The topological polar surface area (TPSA) is 108 Å². The van der Waals surface area contributed by atoms with Gasteiger partial charge in [-0.25, -0.2) is 0 Å². The van der Waals surface area contributed by atoms with Crippen LogP contribution in [0, 0.1) is 0 Å². The summed E-state index contributed by atoms with van der Waals surface area (Å²) in [6, 6.07) is 8.76. The van der Waals surface area contributed by atoms with Crippen LogP contribution >= 0.6 is 0 Å². The number of benzene rings is 1. The molecule has 0 aliphatic carbocycles. The number of nitrogens with zero attached hydrogens (tertiary/aromatic N) is 4. The third-order valence-corrected chi connectivity index (χ3v) is 5.53. The van der Waals surface area contributed by atoms with E-state index in [2.05, 4.69) is 25.7 Å². The Morgan fingerprint density at radius 2 is 1.74 bits per heavy atom. The van der Waals surface area contributed by atoms with Crippen molar-refractivity contribution < 1.29 is 14.4 Å². The summed E-state index contributed by atoms with van der Waals surface area (Å²) in [6.45, 7) is 3.30. The van der Waals surface area contributed by atoms with E-state index in [1.54, 1.807) is 30.5 Å². The second kappa shape index (κ2) is 9.55. The molecule has 1 fully saturated rings. The number of aromatic nitrogens is 2. The molecular weight excluding hydrogens is 396 g/mol. The van der Waals surface area contributed by atoms with Crippen molar-refractivity contribution in [3.8, 4) is 0 Å². The van der Waals surface area contributed by atoms with Crippen molar-refractivity contribution >= 4 is 29.2 Å². The lowest BCUT2D eigenvalue weighted by Gasteiger charge is -2.17. The van der Waals surface area contributed by atoms with Crippen LogP contribution in [0.25, 0.3) is 0 Å². The number of rotatable bonds is 9. The standard InChI is InChI=1S/C22H26N6O3/c29-20(8-5-13-28-21(30)17-6-1-2-7-18(17)22(28)31)24-10-9-23-19-14-16(15-25-26-19)27-11-3-4-12-27/h1-2,6-7,14-15H,3-5,8-13H2,(H,23,26)(H,24,29). The van der Waals surface area contributed by atoms with Gasteiger partial charge in [0.2, 0.25) is 5.91 Å². The summed E-state index contributed by atoms with van der Waals surface area (Å²) in [4.78, 5) is 40.2. The van der Waals surface area contributed by atoms with Crippen LogP contribution in [0.1, 0.15) is 46.4 Å². The van der Waals surface area contributed by atoms with Gasteiger partial charge in [-0.2, -0.15) is 5.10 Å². The molecule has 2 aliphatic rings. The first-order chi connectivity index (χ1) is 15.1. The summed E-state index contributed by atoms with van der Waals surface area (Å²) in [5, 5.41) is 14.1. The van der Waals surface area contributed by atoms with Crippen molar-refractivity contribution in [1.29, 1.82) is 0 Å². The fourth-order valence-electron chi connectivity index (χ4n) is 3.91. The Morgan fingerprint density at radius 1 is 1.03 bits per heavy atom. The molecule has 0 radical (unpaired) electrons. The Kier molecular flexibility index (Phi) is 6.40. The molecule has 2 aliphatic heterocycles. The van der Waals surface area contributed by atoms with Gasteiger partial charge in [-0.05, 0) is 31.4 Å². The van der Waals surface area contributed by atoms with E-state index in [0.29, 0.717) is 36.5 Å². The molecule has 0 atom stereocenters. The molecule has 0 bridgehead atoms. The summed E-state index contributed by atoms with van der Waals surface area (Å²) in [6.07, 6.45) is 4.84. The minimum atomic E-state index is -0.289. The molecule has 0 spiro atoms. The maximum atomic E-state index is 12.3. The van der Waals surface area contributed by atoms with Gasteiger partial charge in [-0.15, -0.1) is 5.10 Å². The zero-order valence-corrected chi connectivity index (χ0v) is 17.3. The summed E-state index contributed by atoms with van der Waals surface area (Å²) in [7, 11) is 0. The molecule has 1 aromatic heterocycles. The molecule has 1 saturated heterocycles. The molecule has 1 aromatic carbocycles. The molecule has 3 amide bonds. The average Bonchev–Trinajstić information content (AvgIpc) is 3.41. The Labute approximate surface area is 180 Å². The van der Waals surface area contributed by atoms with Crippen LogP contribution in [0.2, 0.25) is 0 Å². The van der Waals surface area contributed by atoms with E-state index in [1.807, 2.05) is 6.07 Å². The van der Waals surface area contributed by atoms with Crippen LogP contribution in [0.15, 0.2) is 36.5 Å². The summed E-state index contributed by atoms with van der Waals surface area (Å²) < 4.78 is 0. The van der Waals surface area contributed by atoms with Crippen molar-refractivity contribution in [2.75, 3.05) is 42.9 Å². The Balaban J connectivity index is 1.14. The van der Waals surface area contributed by atoms with E-state index >= 15 is 0 Å². The van der Waals surface area contributed by atoms with Crippen molar-refractivity contribution in [2.45, 2.75) is 25.7 Å². The summed E-state index contributed by atoms with van der Waals surface area (Å²) in [5.41, 5.74) is 1.92. The molecule has 4 rings (SSSR count). The quantitative estimate of drug-likeness (QED) is 0.468. The largest absolute Gasteiger partial charge is 0.370 e. The number of fused-ring (bicyclic) bond motifs is 1.